The minimum atomic E-state index is -1.11. The van der Waals surface area contributed by atoms with Gasteiger partial charge < -0.3 is 14.4 Å². The van der Waals surface area contributed by atoms with E-state index in [1.165, 1.54) is 6.26 Å². The molecule has 0 saturated carbocycles. The molecule has 0 aliphatic carbocycles. The lowest BCUT2D eigenvalue weighted by atomic mass is 10.2. The van der Waals surface area contributed by atoms with Gasteiger partial charge >= 0.3 is 5.97 Å². The van der Waals surface area contributed by atoms with Crippen LogP contribution in [-0.2, 0) is 11.3 Å². The van der Waals surface area contributed by atoms with Crippen molar-refractivity contribution in [1.29, 1.82) is 0 Å². The van der Waals surface area contributed by atoms with E-state index in [1.807, 2.05) is 30.3 Å². The fourth-order valence-electron chi connectivity index (χ4n) is 2.30. The van der Waals surface area contributed by atoms with Crippen molar-refractivity contribution in [2.45, 2.75) is 6.54 Å². The van der Waals surface area contributed by atoms with Crippen molar-refractivity contribution >= 4 is 11.9 Å². The fourth-order valence-corrected chi connectivity index (χ4v) is 2.30. The number of hydrogen-bond acceptors (Lipinski definition) is 5. The van der Waals surface area contributed by atoms with E-state index in [4.69, 9.17) is 9.52 Å². The first kappa shape index (κ1) is 16.4. The summed E-state index contributed by atoms with van der Waals surface area (Å²) in [4.78, 5) is 33.2. The third-order valence-electron chi connectivity index (χ3n) is 3.44. The lowest BCUT2D eigenvalue weighted by Gasteiger charge is -2.18. The molecule has 0 atom stereocenters. The number of carboxylic acids is 1. The number of amides is 1. The van der Waals surface area contributed by atoms with Crippen molar-refractivity contribution in [3.63, 3.8) is 0 Å². The highest BCUT2D eigenvalue weighted by molar-refractivity contribution is 5.94. The molecule has 1 aromatic carbocycles. The Morgan fingerprint density at radius 1 is 1.08 bits per heavy atom. The monoisotopic (exact) mass is 337 g/mol. The maximum absolute atomic E-state index is 12.6. The highest BCUT2D eigenvalue weighted by Gasteiger charge is 2.23. The number of rotatable bonds is 6. The van der Waals surface area contributed by atoms with Crippen LogP contribution in [0.4, 0.5) is 0 Å². The first-order valence-corrected chi connectivity index (χ1v) is 7.55. The van der Waals surface area contributed by atoms with Gasteiger partial charge in [0.05, 0.1) is 12.2 Å². The lowest BCUT2D eigenvalue weighted by molar-refractivity contribution is -0.137. The summed E-state index contributed by atoms with van der Waals surface area (Å²) in [5.74, 6) is -1.34. The van der Waals surface area contributed by atoms with Crippen LogP contribution in [0, 0.1) is 0 Å². The Morgan fingerprint density at radius 2 is 1.84 bits per heavy atom. The van der Waals surface area contributed by atoms with Crippen LogP contribution in [0.3, 0.4) is 0 Å². The van der Waals surface area contributed by atoms with Gasteiger partial charge in [-0.1, -0.05) is 24.3 Å². The Hall–Kier alpha value is -3.48. The zero-order chi connectivity index (χ0) is 17.6. The smallest absolute Gasteiger partial charge is 0.323 e. The summed E-state index contributed by atoms with van der Waals surface area (Å²) in [5, 5.41) is 9.08. The Balaban J connectivity index is 1.82. The zero-order valence-electron chi connectivity index (χ0n) is 13.2. The molecule has 0 aliphatic heterocycles. The molecule has 25 heavy (non-hydrogen) atoms. The normalized spacial score (nSPS) is 10.4. The summed E-state index contributed by atoms with van der Waals surface area (Å²) in [6.07, 6.45) is 2.82. The summed E-state index contributed by atoms with van der Waals surface area (Å²) in [7, 11) is 0. The first-order chi connectivity index (χ1) is 12.1. The largest absolute Gasteiger partial charge is 0.480 e. The van der Waals surface area contributed by atoms with E-state index < -0.39 is 18.4 Å². The number of pyridine rings is 1. The minimum absolute atomic E-state index is 0.0519. The van der Waals surface area contributed by atoms with Gasteiger partial charge in [0.15, 0.2) is 5.69 Å². The molecule has 0 aliphatic rings. The Labute approximate surface area is 143 Å². The van der Waals surface area contributed by atoms with Crippen molar-refractivity contribution in [2.75, 3.05) is 6.54 Å². The molecule has 3 aromatic rings. The molecule has 0 fully saturated rings. The quantitative estimate of drug-likeness (QED) is 0.742. The highest BCUT2D eigenvalue weighted by Crippen LogP contribution is 2.19. The topological polar surface area (TPSA) is 96.5 Å². The number of carboxylic acid groups (broad SMARTS) is 1. The van der Waals surface area contributed by atoms with Gasteiger partial charge in [0.1, 0.15) is 12.8 Å². The van der Waals surface area contributed by atoms with E-state index in [0.29, 0.717) is 11.6 Å². The molecule has 2 heterocycles. The molecule has 7 nitrogen and oxygen atoms in total. The van der Waals surface area contributed by atoms with E-state index >= 15 is 0 Å². The number of hydrogen-bond donors (Lipinski definition) is 1. The van der Waals surface area contributed by atoms with Crippen molar-refractivity contribution in [2.24, 2.45) is 0 Å². The maximum atomic E-state index is 12.6. The molecule has 0 radical (unpaired) electrons. The van der Waals surface area contributed by atoms with Crippen molar-refractivity contribution in [3.05, 3.63) is 72.4 Å². The van der Waals surface area contributed by atoms with E-state index in [0.717, 1.165) is 10.5 Å². The molecule has 1 amide bonds. The summed E-state index contributed by atoms with van der Waals surface area (Å²) in [5.41, 5.74) is 1.37. The number of carbonyl (C=O) groups is 2. The predicted molar refractivity (Wildman–Crippen MR) is 88.6 cm³/mol. The Bertz CT molecular complexity index is 862. The van der Waals surface area contributed by atoms with Gasteiger partial charge in [0, 0.05) is 11.8 Å². The molecule has 3 rings (SSSR count). The van der Waals surface area contributed by atoms with Crippen molar-refractivity contribution in [3.8, 4) is 11.5 Å². The first-order valence-electron chi connectivity index (χ1n) is 7.55. The van der Waals surface area contributed by atoms with Gasteiger partial charge in [0.2, 0.25) is 5.89 Å². The summed E-state index contributed by atoms with van der Waals surface area (Å²) >= 11 is 0. The minimum Gasteiger partial charge on any atom is -0.480 e. The fraction of sp³-hybridized carbons (Fsp3) is 0.111. The second-order valence-electron chi connectivity index (χ2n) is 5.28. The van der Waals surface area contributed by atoms with Gasteiger partial charge in [-0.25, -0.2) is 4.98 Å². The lowest BCUT2D eigenvalue weighted by Crippen LogP contribution is -2.35. The van der Waals surface area contributed by atoms with Crippen LogP contribution >= 0.6 is 0 Å². The summed E-state index contributed by atoms with van der Waals surface area (Å²) in [6.45, 7) is -0.386. The number of benzene rings is 1. The number of carbonyl (C=O) groups excluding carboxylic acids is 1. The zero-order valence-corrected chi connectivity index (χ0v) is 13.2. The summed E-state index contributed by atoms with van der Waals surface area (Å²) in [6, 6.07) is 14.4. The maximum Gasteiger partial charge on any atom is 0.323 e. The predicted octanol–water partition coefficient (Wildman–Crippen LogP) is 2.46. The van der Waals surface area contributed by atoms with Gasteiger partial charge in [-0.2, -0.15) is 0 Å². The van der Waals surface area contributed by atoms with Crippen LogP contribution in [0.25, 0.3) is 11.5 Å². The molecule has 0 spiro atoms. The average molecular weight is 337 g/mol. The van der Waals surface area contributed by atoms with Crippen molar-refractivity contribution < 1.29 is 19.1 Å². The average Bonchev–Trinajstić information content (AvgIpc) is 3.12. The molecule has 126 valence electrons. The van der Waals surface area contributed by atoms with E-state index in [9.17, 15) is 9.59 Å². The number of aliphatic carboxylic acids is 1. The van der Waals surface area contributed by atoms with Crippen LogP contribution in [0.5, 0.6) is 0 Å². The van der Waals surface area contributed by atoms with Gasteiger partial charge in [0.25, 0.3) is 5.91 Å². The number of aromatic nitrogens is 2. The van der Waals surface area contributed by atoms with Gasteiger partial charge in [-0.05, 0) is 24.3 Å². The molecule has 0 bridgehead atoms. The SMILES string of the molecule is O=C(O)CN(Cc1ccccn1)C(=O)c1coc(-c2ccccc2)n1. The second-order valence-corrected chi connectivity index (χ2v) is 5.28. The van der Waals surface area contributed by atoms with Crippen LogP contribution in [0.1, 0.15) is 16.2 Å². The molecular weight excluding hydrogens is 322 g/mol. The number of nitrogens with zero attached hydrogens (tertiary/aromatic N) is 3. The Kier molecular flexibility index (Phi) is 4.84. The standard InChI is InChI=1S/C18H15N3O4/c22-16(23)11-21(10-14-8-4-5-9-19-14)18(24)15-12-25-17(20-15)13-6-2-1-3-7-13/h1-9,12H,10-11H2,(H,22,23). The van der Waals surface area contributed by atoms with Crippen LogP contribution in [0.15, 0.2) is 65.4 Å². The highest BCUT2D eigenvalue weighted by atomic mass is 16.4. The Morgan fingerprint density at radius 3 is 2.52 bits per heavy atom. The van der Waals surface area contributed by atoms with Gasteiger partial charge in [-0.15, -0.1) is 0 Å². The van der Waals surface area contributed by atoms with Crippen molar-refractivity contribution in [1.82, 2.24) is 14.9 Å². The summed E-state index contributed by atoms with van der Waals surface area (Å²) < 4.78 is 5.36. The molecule has 7 heteroatoms. The molecule has 0 saturated heterocycles. The molecule has 2 aromatic heterocycles. The number of oxazole rings is 1. The molecule has 1 N–H and O–H groups in total. The third kappa shape index (κ3) is 4.08. The van der Waals surface area contributed by atoms with E-state index in [1.54, 1.807) is 24.4 Å². The van der Waals surface area contributed by atoms with Crippen LogP contribution in [-0.4, -0.2) is 38.4 Å². The van der Waals surface area contributed by atoms with Crippen LogP contribution < -0.4 is 0 Å². The third-order valence-corrected chi connectivity index (χ3v) is 3.44. The van der Waals surface area contributed by atoms with E-state index in [-0.39, 0.29) is 12.2 Å². The van der Waals surface area contributed by atoms with Gasteiger partial charge in [-0.3, -0.25) is 14.6 Å². The molecular formula is C18H15N3O4. The second kappa shape index (κ2) is 7.39. The van der Waals surface area contributed by atoms with Crippen LogP contribution in [0.2, 0.25) is 0 Å². The van der Waals surface area contributed by atoms with E-state index in [2.05, 4.69) is 9.97 Å². The molecule has 0 unspecified atom stereocenters.